The summed E-state index contributed by atoms with van der Waals surface area (Å²) in [5.41, 5.74) is 0.307. The Kier molecular flexibility index (Phi) is 4.28. The van der Waals surface area contributed by atoms with Crippen molar-refractivity contribution in [2.45, 2.75) is 12.5 Å². The Morgan fingerprint density at radius 2 is 2.17 bits per heavy atom. The van der Waals surface area contributed by atoms with E-state index in [0.717, 1.165) is 0 Å². The molecule has 18 heavy (non-hydrogen) atoms. The number of nitrogens with one attached hydrogen (secondary N) is 1. The fraction of sp³-hybridized carbons (Fsp3) is 0.462. The molecule has 1 fully saturated rings. The van der Waals surface area contributed by atoms with Crippen LogP contribution in [0.5, 0.6) is 0 Å². The van der Waals surface area contributed by atoms with Gasteiger partial charge in [-0.1, -0.05) is 18.2 Å². The quantitative estimate of drug-likeness (QED) is 0.832. The molecular weight excluding hydrogens is 235 g/mol. The van der Waals surface area contributed by atoms with E-state index in [1.165, 1.54) is 6.07 Å². The largest absolute Gasteiger partial charge is 0.387 e. The maximum Gasteiger partial charge on any atom is 0.221 e. The highest BCUT2D eigenvalue weighted by Gasteiger charge is 2.19. The number of benzene rings is 1. The zero-order chi connectivity index (χ0) is 13.0. The monoisotopic (exact) mass is 252 g/mol. The summed E-state index contributed by atoms with van der Waals surface area (Å²) in [7, 11) is 0. The van der Waals surface area contributed by atoms with Crippen LogP contribution in [-0.2, 0) is 4.79 Å². The molecule has 1 aliphatic heterocycles. The zero-order valence-electron chi connectivity index (χ0n) is 10.1. The molecule has 5 heteroatoms. The number of carbonyl (C=O) groups is 1. The molecule has 0 spiro atoms. The molecule has 0 saturated carbocycles. The van der Waals surface area contributed by atoms with Gasteiger partial charge in [-0.2, -0.15) is 0 Å². The van der Waals surface area contributed by atoms with Crippen molar-refractivity contribution >= 4 is 5.91 Å². The van der Waals surface area contributed by atoms with Gasteiger partial charge in [0.1, 0.15) is 5.82 Å². The van der Waals surface area contributed by atoms with Crippen molar-refractivity contribution < 1.29 is 14.3 Å². The first-order valence-electron chi connectivity index (χ1n) is 6.08. The van der Waals surface area contributed by atoms with Gasteiger partial charge in [0, 0.05) is 38.2 Å². The number of rotatable bonds is 3. The molecule has 98 valence electrons. The minimum absolute atomic E-state index is 0.0258. The number of nitrogens with zero attached hydrogens (tertiary/aromatic N) is 1. The minimum atomic E-state index is -0.862. The number of aliphatic hydroxyl groups is 1. The summed E-state index contributed by atoms with van der Waals surface area (Å²) in [4.78, 5) is 13.1. The third kappa shape index (κ3) is 3.27. The minimum Gasteiger partial charge on any atom is -0.387 e. The Bertz CT molecular complexity index is 425. The lowest BCUT2D eigenvalue weighted by atomic mass is 10.1. The Balaban J connectivity index is 1.96. The SMILES string of the molecule is O=C1CCN(C[C@H](O)c2ccccc2F)CCN1. The summed E-state index contributed by atoms with van der Waals surface area (Å²) < 4.78 is 13.5. The van der Waals surface area contributed by atoms with E-state index in [2.05, 4.69) is 5.32 Å². The normalized spacial score (nSPS) is 19.1. The molecule has 1 aliphatic rings. The molecule has 1 amide bonds. The van der Waals surface area contributed by atoms with Crippen molar-refractivity contribution in [3.63, 3.8) is 0 Å². The van der Waals surface area contributed by atoms with Gasteiger partial charge in [-0.3, -0.25) is 9.69 Å². The summed E-state index contributed by atoms with van der Waals surface area (Å²) in [6.07, 6.45) is -0.441. The number of carbonyl (C=O) groups excluding carboxylic acids is 1. The van der Waals surface area contributed by atoms with E-state index < -0.39 is 11.9 Å². The van der Waals surface area contributed by atoms with E-state index in [1.54, 1.807) is 18.2 Å². The Hall–Kier alpha value is -1.46. The molecule has 4 nitrogen and oxygen atoms in total. The zero-order valence-corrected chi connectivity index (χ0v) is 10.1. The van der Waals surface area contributed by atoms with Gasteiger partial charge in [-0.05, 0) is 6.07 Å². The van der Waals surface area contributed by atoms with Crippen molar-refractivity contribution in [3.8, 4) is 0 Å². The van der Waals surface area contributed by atoms with Crippen molar-refractivity contribution in [2.75, 3.05) is 26.2 Å². The smallest absolute Gasteiger partial charge is 0.221 e. The standard InChI is InChI=1S/C13H17FN2O2/c14-11-4-2-1-3-10(11)12(17)9-16-7-5-13(18)15-6-8-16/h1-4,12,17H,5-9H2,(H,15,18)/t12-/m0/s1. The molecule has 0 bridgehead atoms. The lowest BCUT2D eigenvalue weighted by Crippen LogP contribution is -2.32. The number of hydrogen-bond acceptors (Lipinski definition) is 3. The summed E-state index contributed by atoms with van der Waals surface area (Å²) in [6, 6.07) is 6.22. The lowest BCUT2D eigenvalue weighted by Gasteiger charge is -2.22. The molecule has 2 rings (SSSR count). The topological polar surface area (TPSA) is 52.6 Å². The third-order valence-electron chi connectivity index (χ3n) is 3.10. The molecule has 0 aliphatic carbocycles. The van der Waals surface area contributed by atoms with Gasteiger partial charge in [-0.15, -0.1) is 0 Å². The number of amides is 1. The van der Waals surface area contributed by atoms with Crippen LogP contribution in [0.1, 0.15) is 18.1 Å². The van der Waals surface area contributed by atoms with E-state index >= 15 is 0 Å². The van der Waals surface area contributed by atoms with E-state index in [4.69, 9.17) is 0 Å². The van der Waals surface area contributed by atoms with Gasteiger partial charge >= 0.3 is 0 Å². The Morgan fingerprint density at radius 1 is 1.39 bits per heavy atom. The average molecular weight is 252 g/mol. The Morgan fingerprint density at radius 3 is 2.94 bits per heavy atom. The van der Waals surface area contributed by atoms with Crippen LogP contribution in [0, 0.1) is 5.82 Å². The molecule has 0 unspecified atom stereocenters. The maximum atomic E-state index is 13.5. The molecule has 1 aromatic carbocycles. The van der Waals surface area contributed by atoms with Crippen molar-refractivity contribution in [3.05, 3.63) is 35.6 Å². The van der Waals surface area contributed by atoms with Crippen LogP contribution in [0.25, 0.3) is 0 Å². The number of aliphatic hydroxyl groups excluding tert-OH is 1. The van der Waals surface area contributed by atoms with Crippen molar-refractivity contribution in [2.24, 2.45) is 0 Å². The number of halogens is 1. The van der Waals surface area contributed by atoms with Gasteiger partial charge in [0.2, 0.25) is 5.91 Å². The van der Waals surface area contributed by atoms with Crippen molar-refractivity contribution in [1.29, 1.82) is 0 Å². The first kappa shape index (κ1) is 13.0. The second-order valence-corrected chi connectivity index (χ2v) is 4.44. The molecule has 0 radical (unpaired) electrons. The van der Waals surface area contributed by atoms with Crippen LogP contribution >= 0.6 is 0 Å². The molecule has 2 N–H and O–H groups in total. The van der Waals surface area contributed by atoms with Crippen LogP contribution in [-0.4, -0.2) is 42.1 Å². The molecule has 1 aromatic rings. The van der Waals surface area contributed by atoms with E-state index in [1.807, 2.05) is 4.90 Å². The van der Waals surface area contributed by atoms with Crippen LogP contribution in [0.3, 0.4) is 0 Å². The molecule has 1 saturated heterocycles. The predicted molar refractivity (Wildman–Crippen MR) is 65.4 cm³/mol. The first-order valence-corrected chi connectivity index (χ1v) is 6.08. The third-order valence-corrected chi connectivity index (χ3v) is 3.10. The highest BCUT2D eigenvalue weighted by molar-refractivity contribution is 5.76. The summed E-state index contributed by atoms with van der Waals surface area (Å²) in [6.45, 7) is 2.19. The fourth-order valence-corrected chi connectivity index (χ4v) is 2.08. The van der Waals surface area contributed by atoms with E-state index in [-0.39, 0.29) is 5.91 Å². The second-order valence-electron chi connectivity index (χ2n) is 4.44. The second kappa shape index (κ2) is 5.93. The van der Waals surface area contributed by atoms with Gasteiger partial charge in [0.15, 0.2) is 0 Å². The average Bonchev–Trinajstić information content (AvgIpc) is 2.55. The first-order chi connectivity index (χ1) is 8.66. The lowest BCUT2D eigenvalue weighted by molar-refractivity contribution is -0.120. The summed E-state index contributed by atoms with van der Waals surface area (Å²) in [5.74, 6) is -0.369. The molecule has 1 atom stereocenters. The molecule has 0 aromatic heterocycles. The molecular formula is C13H17FN2O2. The van der Waals surface area contributed by atoms with Crippen LogP contribution in [0.15, 0.2) is 24.3 Å². The van der Waals surface area contributed by atoms with Gasteiger partial charge in [0.25, 0.3) is 0 Å². The predicted octanol–water partition coefficient (Wildman–Crippen LogP) is 0.681. The summed E-state index contributed by atoms with van der Waals surface area (Å²) in [5, 5.41) is 12.8. The van der Waals surface area contributed by atoms with Crippen LogP contribution in [0.4, 0.5) is 4.39 Å². The van der Waals surface area contributed by atoms with Crippen LogP contribution < -0.4 is 5.32 Å². The molecule has 1 heterocycles. The van der Waals surface area contributed by atoms with Gasteiger partial charge < -0.3 is 10.4 Å². The van der Waals surface area contributed by atoms with Gasteiger partial charge in [0.05, 0.1) is 6.10 Å². The highest BCUT2D eigenvalue weighted by atomic mass is 19.1. The van der Waals surface area contributed by atoms with E-state index in [0.29, 0.717) is 38.2 Å². The fourth-order valence-electron chi connectivity index (χ4n) is 2.08. The number of β-amino-alcohol motifs (C(OH)–C–C–N with tert-alkyl or cyclic N) is 1. The summed E-state index contributed by atoms with van der Waals surface area (Å²) >= 11 is 0. The Labute approximate surface area is 105 Å². The van der Waals surface area contributed by atoms with Crippen molar-refractivity contribution in [1.82, 2.24) is 10.2 Å². The van der Waals surface area contributed by atoms with E-state index in [9.17, 15) is 14.3 Å². The van der Waals surface area contributed by atoms with Crippen LogP contribution in [0.2, 0.25) is 0 Å². The number of hydrogen-bond donors (Lipinski definition) is 2. The maximum absolute atomic E-state index is 13.5. The highest BCUT2D eigenvalue weighted by Crippen LogP contribution is 2.18. The van der Waals surface area contributed by atoms with Gasteiger partial charge in [-0.25, -0.2) is 4.39 Å².